The third kappa shape index (κ3) is 2.63. The van der Waals surface area contributed by atoms with E-state index in [1.165, 1.54) is 6.92 Å². The Balaban J connectivity index is 2.29. The summed E-state index contributed by atoms with van der Waals surface area (Å²) in [4.78, 5) is 11.3. The van der Waals surface area contributed by atoms with Gasteiger partial charge in [0.15, 0.2) is 5.78 Å². The highest BCUT2D eigenvalue weighted by Crippen LogP contribution is 2.26. The number of ketones is 1. The largest absolute Gasteiger partial charge is 0.398 e. The lowest BCUT2D eigenvalue weighted by molar-refractivity contribution is 0.101. The summed E-state index contributed by atoms with van der Waals surface area (Å²) in [6, 6.07) is 12.7. The van der Waals surface area contributed by atoms with Crippen molar-refractivity contribution in [3.63, 3.8) is 0 Å². The van der Waals surface area contributed by atoms with Crippen molar-refractivity contribution in [3.05, 3.63) is 53.1 Å². The molecule has 0 aliphatic carbocycles. The van der Waals surface area contributed by atoms with E-state index in [4.69, 9.17) is 17.3 Å². The first kappa shape index (κ1) is 12.5. The molecule has 0 amide bonds. The van der Waals surface area contributed by atoms with Crippen molar-refractivity contribution < 1.29 is 4.79 Å². The van der Waals surface area contributed by atoms with E-state index in [0.29, 0.717) is 16.3 Å². The van der Waals surface area contributed by atoms with Crippen molar-refractivity contribution in [2.75, 3.05) is 11.1 Å². The number of nitrogen functional groups attached to an aromatic ring is 1. The Labute approximate surface area is 111 Å². The molecule has 0 fully saturated rings. The number of hydrogen-bond donors (Lipinski definition) is 2. The second kappa shape index (κ2) is 5.10. The fraction of sp³-hybridized carbons (Fsp3) is 0.0714. The van der Waals surface area contributed by atoms with Crippen molar-refractivity contribution in [2.24, 2.45) is 0 Å². The van der Waals surface area contributed by atoms with Crippen molar-refractivity contribution in [1.82, 2.24) is 0 Å². The minimum absolute atomic E-state index is 0.0446. The molecule has 3 N–H and O–H groups in total. The van der Waals surface area contributed by atoms with Gasteiger partial charge in [-0.05, 0) is 37.3 Å². The van der Waals surface area contributed by atoms with Crippen LogP contribution < -0.4 is 11.1 Å². The molecule has 0 saturated carbocycles. The minimum Gasteiger partial charge on any atom is -0.398 e. The molecule has 2 aromatic carbocycles. The molecular formula is C14H13ClN2O. The Morgan fingerprint density at radius 1 is 1.22 bits per heavy atom. The molecule has 0 aliphatic heterocycles. The molecular weight excluding hydrogens is 248 g/mol. The van der Waals surface area contributed by atoms with Crippen LogP contribution in [0.25, 0.3) is 0 Å². The molecule has 0 radical (unpaired) electrons. The zero-order valence-electron chi connectivity index (χ0n) is 9.91. The van der Waals surface area contributed by atoms with Crippen LogP contribution in [0.4, 0.5) is 17.1 Å². The average molecular weight is 261 g/mol. The van der Waals surface area contributed by atoms with Gasteiger partial charge in [0.1, 0.15) is 0 Å². The van der Waals surface area contributed by atoms with Crippen LogP contribution in [0.15, 0.2) is 42.5 Å². The van der Waals surface area contributed by atoms with Crippen molar-refractivity contribution in [1.29, 1.82) is 0 Å². The maximum Gasteiger partial charge on any atom is 0.161 e. The first-order chi connectivity index (χ1) is 8.58. The van der Waals surface area contributed by atoms with Crippen molar-refractivity contribution >= 4 is 34.4 Å². The lowest BCUT2D eigenvalue weighted by Gasteiger charge is -2.10. The number of nitrogens with two attached hydrogens (primary N) is 1. The molecule has 92 valence electrons. The highest BCUT2D eigenvalue weighted by atomic mass is 35.5. The fourth-order valence-electron chi connectivity index (χ4n) is 1.68. The van der Waals surface area contributed by atoms with Crippen LogP contribution in [-0.4, -0.2) is 5.78 Å². The van der Waals surface area contributed by atoms with Gasteiger partial charge in [-0.3, -0.25) is 4.79 Å². The Hall–Kier alpha value is -2.00. The van der Waals surface area contributed by atoms with E-state index >= 15 is 0 Å². The summed E-state index contributed by atoms with van der Waals surface area (Å²) >= 11 is 6.05. The van der Waals surface area contributed by atoms with E-state index in [0.717, 1.165) is 11.4 Å². The molecule has 2 aromatic rings. The highest BCUT2D eigenvalue weighted by Gasteiger charge is 2.06. The van der Waals surface area contributed by atoms with Crippen LogP contribution in [0, 0.1) is 0 Å². The summed E-state index contributed by atoms with van der Waals surface area (Å²) in [5.74, 6) is -0.0446. The third-order valence-electron chi connectivity index (χ3n) is 2.58. The van der Waals surface area contributed by atoms with Crippen molar-refractivity contribution in [3.8, 4) is 0 Å². The smallest absolute Gasteiger partial charge is 0.161 e. The van der Waals surface area contributed by atoms with Gasteiger partial charge >= 0.3 is 0 Å². The average Bonchev–Trinajstić information content (AvgIpc) is 2.32. The lowest BCUT2D eigenvalue weighted by Crippen LogP contribution is -2.00. The molecule has 0 atom stereocenters. The van der Waals surface area contributed by atoms with Crippen LogP contribution in [0.2, 0.25) is 5.02 Å². The molecule has 0 spiro atoms. The molecule has 0 bridgehead atoms. The number of halogens is 1. The van der Waals surface area contributed by atoms with Gasteiger partial charge in [0.2, 0.25) is 0 Å². The quantitative estimate of drug-likeness (QED) is 0.651. The molecule has 3 nitrogen and oxygen atoms in total. The van der Waals surface area contributed by atoms with E-state index in [2.05, 4.69) is 5.32 Å². The summed E-state index contributed by atoms with van der Waals surface area (Å²) in [6.45, 7) is 1.49. The van der Waals surface area contributed by atoms with Crippen LogP contribution in [0.3, 0.4) is 0 Å². The Kier molecular flexibility index (Phi) is 3.53. The zero-order valence-corrected chi connectivity index (χ0v) is 10.7. The van der Waals surface area contributed by atoms with E-state index in [1.54, 1.807) is 24.3 Å². The van der Waals surface area contributed by atoms with Gasteiger partial charge in [-0.15, -0.1) is 0 Å². The molecule has 0 aromatic heterocycles. The number of Topliss-reactive ketones (excluding diaryl/α,β-unsaturated/α-hetero) is 1. The third-order valence-corrected chi connectivity index (χ3v) is 2.91. The highest BCUT2D eigenvalue weighted by molar-refractivity contribution is 6.33. The predicted octanol–water partition coefficient (Wildman–Crippen LogP) is 3.87. The van der Waals surface area contributed by atoms with E-state index < -0.39 is 0 Å². The summed E-state index contributed by atoms with van der Waals surface area (Å²) in [6.07, 6.45) is 0. The van der Waals surface area contributed by atoms with Gasteiger partial charge in [-0.25, -0.2) is 0 Å². The van der Waals surface area contributed by atoms with Gasteiger partial charge in [0, 0.05) is 16.9 Å². The maximum absolute atomic E-state index is 11.3. The summed E-state index contributed by atoms with van der Waals surface area (Å²) in [5.41, 5.74) is 8.40. The number of anilines is 3. The summed E-state index contributed by atoms with van der Waals surface area (Å²) in [5, 5.41) is 3.79. The monoisotopic (exact) mass is 260 g/mol. The second-order valence-corrected chi connectivity index (χ2v) is 4.37. The summed E-state index contributed by atoms with van der Waals surface area (Å²) in [7, 11) is 0. The van der Waals surface area contributed by atoms with Crippen LogP contribution >= 0.6 is 11.6 Å². The first-order valence-electron chi connectivity index (χ1n) is 5.50. The van der Waals surface area contributed by atoms with Gasteiger partial charge in [-0.2, -0.15) is 0 Å². The molecule has 18 heavy (non-hydrogen) atoms. The minimum atomic E-state index is -0.0446. The topological polar surface area (TPSA) is 55.1 Å². The number of hydrogen-bond acceptors (Lipinski definition) is 3. The molecule has 0 unspecified atom stereocenters. The number of nitrogens with one attached hydrogen (secondary N) is 1. The second-order valence-electron chi connectivity index (χ2n) is 3.96. The van der Waals surface area contributed by atoms with E-state index in [1.807, 2.05) is 18.2 Å². The van der Waals surface area contributed by atoms with Crippen LogP contribution in [-0.2, 0) is 0 Å². The SMILES string of the molecule is CC(=O)c1ccc(Nc2ccccc2Cl)cc1N. The van der Waals surface area contributed by atoms with Crippen molar-refractivity contribution in [2.45, 2.75) is 6.92 Å². The Morgan fingerprint density at radius 3 is 2.56 bits per heavy atom. The molecule has 0 aliphatic rings. The summed E-state index contributed by atoms with van der Waals surface area (Å²) < 4.78 is 0. The Morgan fingerprint density at radius 2 is 1.94 bits per heavy atom. The van der Waals surface area contributed by atoms with Gasteiger partial charge < -0.3 is 11.1 Å². The molecule has 2 rings (SSSR count). The van der Waals surface area contributed by atoms with E-state index in [-0.39, 0.29) is 5.78 Å². The zero-order chi connectivity index (χ0) is 13.1. The number of rotatable bonds is 3. The predicted molar refractivity (Wildman–Crippen MR) is 75.6 cm³/mol. The number of carbonyl (C=O) groups excluding carboxylic acids is 1. The van der Waals surface area contributed by atoms with E-state index in [9.17, 15) is 4.79 Å². The van der Waals surface area contributed by atoms with Gasteiger partial charge in [0.05, 0.1) is 10.7 Å². The number of para-hydroxylation sites is 1. The standard InChI is InChI=1S/C14H13ClN2O/c1-9(18)11-7-6-10(8-13(11)16)17-14-5-3-2-4-12(14)15/h2-8,17H,16H2,1H3. The first-order valence-corrected chi connectivity index (χ1v) is 5.88. The van der Waals surface area contributed by atoms with Gasteiger partial charge in [-0.1, -0.05) is 23.7 Å². The molecule has 0 saturated heterocycles. The molecule has 0 heterocycles. The Bertz CT molecular complexity index is 596. The lowest BCUT2D eigenvalue weighted by atomic mass is 10.1. The maximum atomic E-state index is 11.3. The normalized spacial score (nSPS) is 10.1. The van der Waals surface area contributed by atoms with Gasteiger partial charge in [0.25, 0.3) is 0 Å². The number of carbonyl (C=O) groups is 1. The molecule has 4 heteroatoms. The fourth-order valence-corrected chi connectivity index (χ4v) is 1.86. The van der Waals surface area contributed by atoms with Crippen LogP contribution in [0.5, 0.6) is 0 Å². The number of benzene rings is 2. The van der Waals surface area contributed by atoms with Crippen LogP contribution in [0.1, 0.15) is 17.3 Å².